The summed E-state index contributed by atoms with van der Waals surface area (Å²) in [6.07, 6.45) is -4.99. The number of ether oxygens (including phenoxy) is 1. The molecule has 4 rings (SSSR count). The summed E-state index contributed by atoms with van der Waals surface area (Å²) < 4.78 is 45.1. The van der Waals surface area contributed by atoms with Gasteiger partial charge < -0.3 is 19.9 Å². The molecule has 2 aliphatic rings. The maximum atomic E-state index is 13.6. The van der Waals surface area contributed by atoms with Crippen LogP contribution in [-0.4, -0.2) is 77.1 Å². The van der Waals surface area contributed by atoms with Gasteiger partial charge in [-0.15, -0.1) is 0 Å². The Kier molecular flexibility index (Phi) is 8.57. The molecule has 2 aromatic carbocycles. The van der Waals surface area contributed by atoms with E-state index in [0.29, 0.717) is 17.7 Å². The van der Waals surface area contributed by atoms with E-state index in [1.54, 1.807) is 26.3 Å². The number of nitrogens with one attached hydrogen (secondary N) is 1. The molecule has 1 N–H and O–H groups in total. The van der Waals surface area contributed by atoms with Crippen LogP contribution in [0.3, 0.4) is 0 Å². The fourth-order valence-corrected chi connectivity index (χ4v) is 5.19. The Labute approximate surface area is 231 Å². The van der Waals surface area contributed by atoms with E-state index < -0.39 is 30.0 Å². The number of fused-ring (bicyclic) bond motifs is 1. The monoisotopic (exact) mass is 561 g/mol. The van der Waals surface area contributed by atoms with Crippen molar-refractivity contribution < 1.29 is 32.3 Å². The minimum absolute atomic E-state index is 0.0459. The van der Waals surface area contributed by atoms with E-state index >= 15 is 0 Å². The molecule has 12 heteroatoms. The highest BCUT2D eigenvalue weighted by atomic mass is 19.4. The molecule has 0 bridgehead atoms. The lowest BCUT2D eigenvalue weighted by molar-refractivity contribution is -0.188. The number of hydrazine groups is 1. The molecule has 9 nitrogen and oxygen atoms in total. The SMILES string of the molecule is COc1ccc(CNC(=O)N2[C@H]3CN(Cc4cccc(C(F)(F)F)c4)C(=O)[C@H](CC(C)C)N3C(=O)CN2C)cc1. The predicted molar refractivity (Wildman–Crippen MR) is 140 cm³/mol. The maximum Gasteiger partial charge on any atom is 0.416 e. The molecule has 0 radical (unpaired) electrons. The number of hydrogen-bond donors (Lipinski definition) is 1. The number of halogens is 3. The largest absolute Gasteiger partial charge is 0.497 e. The van der Waals surface area contributed by atoms with Gasteiger partial charge in [-0.25, -0.2) is 14.8 Å². The van der Waals surface area contributed by atoms with E-state index in [1.165, 1.54) is 32.0 Å². The third-order valence-electron chi connectivity index (χ3n) is 7.07. The lowest BCUT2D eigenvalue weighted by atomic mass is 9.96. The smallest absolute Gasteiger partial charge is 0.416 e. The average Bonchev–Trinajstić information content (AvgIpc) is 2.89. The van der Waals surface area contributed by atoms with E-state index in [2.05, 4.69) is 5.32 Å². The second-order valence-corrected chi connectivity index (χ2v) is 10.5. The highest BCUT2D eigenvalue weighted by Crippen LogP contribution is 2.32. The number of piperazine rings is 1. The van der Waals surface area contributed by atoms with Crippen molar-refractivity contribution >= 4 is 17.8 Å². The summed E-state index contributed by atoms with van der Waals surface area (Å²) in [5.74, 6) is 0.0973. The van der Waals surface area contributed by atoms with Gasteiger partial charge in [0.1, 0.15) is 18.0 Å². The van der Waals surface area contributed by atoms with E-state index in [4.69, 9.17) is 4.74 Å². The Morgan fingerprint density at radius 3 is 2.42 bits per heavy atom. The number of methoxy groups -OCH3 is 1. The highest BCUT2D eigenvalue weighted by molar-refractivity contribution is 5.91. The van der Waals surface area contributed by atoms with Crippen molar-refractivity contribution in [3.63, 3.8) is 0 Å². The van der Waals surface area contributed by atoms with E-state index in [1.807, 2.05) is 26.0 Å². The number of nitrogens with zero attached hydrogens (tertiary/aromatic N) is 4. The van der Waals surface area contributed by atoms with E-state index in [9.17, 15) is 27.6 Å². The Morgan fingerprint density at radius 2 is 1.80 bits per heavy atom. The van der Waals surface area contributed by atoms with Crippen LogP contribution in [0.5, 0.6) is 5.75 Å². The van der Waals surface area contributed by atoms with Crippen LogP contribution < -0.4 is 10.1 Å². The average molecular weight is 562 g/mol. The fourth-order valence-electron chi connectivity index (χ4n) is 5.19. The van der Waals surface area contributed by atoms with Crippen molar-refractivity contribution in [3.8, 4) is 5.75 Å². The van der Waals surface area contributed by atoms with Gasteiger partial charge in [-0.1, -0.05) is 38.1 Å². The first-order valence-electron chi connectivity index (χ1n) is 13.1. The molecule has 2 fully saturated rings. The van der Waals surface area contributed by atoms with Gasteiger partial charge in [0.25, 0.3) is 0 Å². The number of rotatable bonds is 7. The quantitative estimate of drug-likeness (QED) is 0.558. The van der Waals surface area contributed by atoms with Crippen LogP contribution in [0, 0.1) is 5.92 Å². The normalized spacial score (nSPS) is 20.1. The van der Waals surface area contributed by atoms with Gasteiger partial charge in [-0.05, 0) is 47.7 Å². The number of carbonyl (C=O) groups excluding carboxylic acids is 3. The third-order valence-corrected chi connectivity index (χ3v) is 7.07. The molecule has 2 atom stereocenters. The van der Waals surface area contributed by atoms with Crippen LogP contribution in [-0.2, 0) is 28.9 Å². The number of urea groups is 1. The minimum atomic E-state index is -4.52. The van der Waals surface area contributed by atoms with E-state index in [0.717, 1.165) is 17.7 Å². The Bertz CT molecular complexity index is 1240. The van der Waals surface area contributed by atoms with Gasteiger partial charge in [0.05, 0.1) is 25.8 Å². The number of carbonyl (C=O) groups is 3. The Hall–Kier alpha value is -3.80. The summed E-state index contributed by atoms with van der Waals surface area (Å²) in [5, 5.41) is 5.81. The second kappa shape index (κ2) is 11.7. The van der Waals surface area contributed by atoms with Crippen molar-refractivity contribution in [2.24, 2.45) is 5.92 Å². The van der Waals surface area contributed by atoms with Crippen molar-refractivity contribution in [2.45, 2.75) is 51.7 Å². The zero-order valence-electron chi connectivity index (χ0n) is 22.9. The van der Waals surface area contributed by atoms with Crippen LogP contribution in [0.15, 0.2) is 48.5 Å². The summed E-state index contributed by atoms with van der Waals surface area (Å²) in [6.45, 7) is 3.84. The lowest BCUT2D eigenvalue weighted by Crippen LogP contribution is -2.75. The van der Waals surface area contributed by atoms with Crippen LogP contribution in [0.2, 0.25) is 0 Å². The molecule has 2 aromatic rings. The molecule has 216 valence electrons. The second-order valence-electron chi connectivity index (χ2n) is 10.5. The molecule has 0 unspecified atom stereocenters. The van der Waals surface area contributed by atoms with Gasteiger partial charge in [0, 0.05) is 20.1 Å². The van der Waals surface area contributed by atoms with Crippen LogP contribution in [0.1, 0.15) is 37.0 Å². The van der Waals surface area contributed by atoms with Crippen LogP contribution >= 0.6 is 0 Å². The number of alkyl halides is 3. The fraction of sp³-hybridized carbons (Fsp3) is 0.464. The molecule has 0 spiro atoms. The van der Waals surface area contributed by atoms with Gasteiger partial charge in [0.2, 0.25) is 11.8 Å². The predicted octanol–water partition coefficient (Wildman–Crippen LogP) is 3.70. The molecule has 0 aromatic heterocycles. The lowest BCUT2D eigenvalue weighted by Gasteiger charge is -2.54. The molecule has 0 saturated carbocycles. The van der Waals surface area contributed by atoms with Crippen molar-refractivity contribution in [1.29, 1.82) is 0 Å². The van der Waals surface area contributed by atoms with Crippen LogP contribution in [0.4, 0.5) is 18.0 Å². The van der Waals surface area contributed by atoms with E-state index in [-0.39, 0.29) is 43.9 Å². The van der Waals surface area contributed by atoms with Gasteiger partial charge in [-0.2, -0.15) is 13.2 Å². The molecular formula is C28H34F3N5O4. The van der Waals surface area contributed by atoms with Crippen molar-refractivity contribution in [3.05, 3.63) is 65.2 Å². The summed E-state index contributed by atoms with van der Waals surface area (Å²) >= 11 is 0. The molecule has 2 heterocycles. The molecule has 2 saturated heterocycles. The zero-order chi connectivity index (χ0) is 29.2. The third kappa shape index (κ3) is 6.33. The Morgan fingerprint density at radius 1 is 1.10 bits per heavy atom. The van der Waals surface area contributed by atoms with Crippen molar-refractivity contribution in [2.75, 3.05) is 27.2 Å². The van der Waals surface area contributed by atoms with Gasteiger partial charge in [-0.3, -0.25) is 9.59 Å². The maximum absolute atomic E-state index is 13.6. The first-order valence-corrected chi connectivity index (χ1v) is 13.1. The molecule has 2 aliphatic heterocycles. The number of amides is 4. The Balaban J connectivity index is 1.60. The summed E-state index contributed by atoms with van der Waals surface area (Å²) in [4.78, 5) is 43.3. The molecule has 40 heavy (non-hydrogen) atoms. The first-order chi connectivity index (χ1) is 18.9. The minimum Gasteiger partial charge on any atom is -0.497 e. The molecular weight excluding hydrogens is 527 g/mol. The van der Waals surface area contributed by atoms with Gasteiger partial charge >= 0.3 is 12.2 Å². The summed E-state index contributed by atoms with van der Waals surface area (Å²) in [5.41, 5.74) is 0.345. The first kappa shape index (κ1) is 29.2. The van der Waals surface area contributed by atoms with Gasteiger partial charge in [0.15, 0.2) is 0 Å². The summed E-state index contributed by atoms with van der Waals surface area (Å²) in [6, 6.07) is 10.7. The zero-order valence-corrected chi connectivity index (χ0v) is 22.9. The number of hydrogen-bond acceptors (Lipinski definition) is 5. The number of likely N-dealkylation sites (N-methyl/N-ethyl adjacent to an activating group) is 1. The standard InChI is InChI=1S/C28H34F3N5O4/c1-18(2)12-23-26(38)34(15-20-6-5-7-21(13-20)28(29,30)31)16-24-35(23)25(37)17-33(3)36(24)27(39)32-14-19-8-10-22(40-4)11-9-19/h5-11,13,18,23-24H,12,14-17H2,1-4H3,(H,32,39)/t23-,24-/m0/s1. The summed E-state index contributed by atoms with van der Waals surface area (Å²) in [7, 11) is 3.18. The number of benzene rings is 2. The highest BCUT2D eigenvalue weighted by Gasteiger charge is 2.50. The van der Waals surface area contributed by atoms with Crippen molar-refractivity contribution in [1.82, 2.24) is 25.1 Å². The molecule has 4 amide bonds. The van der Waals surface area contributed by atoms with Crippen LogP contribution in [0.25, 0.3) is 0 Å². The topological polar surface area (TPSA) is 85.4 Å². The molecule has 0 aliphatic carbocycles.